The van der Waals surface area contributed by atoms with Gasteiger partial charge in [-0.3, -0.25) is 9.36 Å². The van der Waals surface area contributed by atoms with Crippen LogP contribution in [0.3, 0.4) is 0 Å². The number of para-hydroxylation sites is 1. The zero-order valence-corrected chi connectivity index (χ0v) is 11.9. The molecule has 0 aliphatic carbocycles. The van der Waals surface area contributed by atoms with E-state index in [1.165, 1.54) is 0 Å². The lowest BCUT2D eigenvalue weighted by molar-refractivity contribution is 0.102. The molecule has 0 saturated carbocycles. The van der Waals surface area contributed by atoms with Crippen molar-refractivity contribution in [1.82, 2.24) is 9.72 Å². The van der Waals surface area contributed by atoms with E-state index in [9.17, 15) is 4.79 Å². The molecule has 3 rings (SSSR count). The number of Topliss-reactive ketones (excluding diaryl/α,β-unsaturated/α-hetero) is 1. The topological polar surface area (TPSA) is 48.0 Å². The summed E-state index contributed by atoms with van der Waals surface area (Å²) in [4.78, 5) is 11.8. The van der Waals surface area contributed by atoms with Crippen LogP contribution in [0, 0.1) is 13.8 Å². The average molecular weight is 289 g/mol. The lowest BCUT2D eigenvalue weighted by Gasteiger charge is -2.05. The number of fused-ring (bicyclic) bond motifs is 1. The van der Waals surface area contributed by atoms with E-state index in [-0.39, 0.29) is 11.7 Å². The van der Waals surface area contributed by atoms with Crippen molar-refractivity contribution >= 4 is 28.4 Å². The maximum absolute atomic E-state index is 11.8. The van der Waals surface area contributed by atoms with Crippen molar-refractivity contribution in [3.05, 3.63) is 47.3 Å². The first-order valence-electron chi connectivity index (χ1n) is 6.26. The highest BCUT2D eigenvalue weighted by Crippen LogP contribution is 2.26. The molecular formula is C15H13ClN2O2. The van der Waals surface area contributed by atoms with Gasteiger partial charge in [0.1, 0.15) is 0 Å². The van der Waals surface area contributed by atoms with Gasteiger partial charge in [0.05, 0.1) is 11.3 Å². The van der Waals surface area contributed by atoms with Crippen LogP contribution >= 0.6 is 11.6 Å². The Labute approximate surface area is 120 Å². The molecule has 0 spiro atoms. The molecule has 0 atom stereocenters. The van der Waals surface area contributed by atoms with Gasteiger partial charge in [-0.1, -0.05) is 17.3 Å². The van der Waals surface area contributed by atoms with Crippen molar-refractivity contribution in [2.75, 3.05) is 5.88 Å². The van der Waals surface area contributed by atoms with Gasteiger partial charge in [0.15, 0.2) is 17.2 Å². The third kappa shape index (κ3) is 1.84. The Morgan fingerprint density at radius 3 is 2.85 bits per heavy atom. The van der Waals surface area contributed by atoms with Gasteiger partial charge in [0.25, 0.3) is 0 Å². The standard InChI is InChI=1S/C15H13ClN2O2/c1-9-7-12(13(19)8-16)10(2)18(9)15-11-5-3-4-6-14(11)20-17-15/h3-7H,8H2,1-2H3. The molecule has 0 fully saturated rings. The zero-order chi connectivity index (χ0) is 14.3. The summed E-state index contributed by atoms with van der Waals surface area (Å²) in [5.41, 5.74) is 3.10. The number of nitrogens with zero attached hydrogens (tertiary/aromatic N) is 2. The monoisotopic (exact) mass is 288 g/mol. The van der Waals surface area contributed by atoms with Crippen LogP contribution in [0.25, 0.3) is 16.8 Å². The predicted octanol–water partition coefficient (Wildman–Crippen LogP) is 3.66. The SMILES string of the molecule is Cc1cc(C(=O)CCl)c(C)n1-c1noc2ccccc12. The lowest BCUT2D eigenvalue weighted by atomic mass is 10.2. The largest absolute Gasteiger partial charge is 0.354 e. The van der Waals surface area contributed by atoms with Crippen molar-refractivity contribution in [3.8, 4) is 5.82 Å². The molecule has 2 aromatic heterocycles. The number of aromatic nitrogens is 2. The Bertz CT molecular complexity index is 801. The molecule has 0 unspecified atom stereocenters. The molecule has 0 bridgehead atoms. The van der Waals surface area contributed by atoms with Crippen LogP contribution in [-0.4, -0.2) is 21.4 Å². The molecule has 0 amide bonds. The smallest absolute Gasteiger partial charge is 0.188 e. The number of carbonyl (C=O) groups is 1. The van der Waals surface area contributed by atoms with Gasteiger partial charge in [0.2, 0.25) is 0 Å². The van der Waals surface area contributed by atoms with E-state index in [1.54, 1.807) is 0 Å². The molecule has 2 heterocycles. The Hall–Kier alpha value is -2.07. The molecule has 4 nitrogen and oxygen atoms in total. The summed E-state index contributed by atoms with van der Waals surface area (Å²) >= 11 is 5.65. The number of ketones is 1. The fourth-order valence-corrected chi connectivity index (χ4v) is 2.62. The summed E-state index contributed by atoms with van der Waals surface area (Å²) < 4.78 is 7.25. The predicted molar refractivity (Wildman–Crippen MR) is 77.9 cm³/mol. The fourth-order valence-electron chi connectivity index (χ4n) is 2.48. The first kappa shape index (κ1) is 12.9. The van der Waals surface area contributed by atoms with E-state index >= 15 is 0 Å². The molecule has 102 valence electrons. The summed E-state index contributed by atoms with van der Waals surface area (Å²) in [6.45, 7) is 3.82. The van der Waals surface area contributed by atoms with Gasteiger partial charge in [-0.25, -0.2) is 0 Å². The molecule has 5 heteroatoms. The second kappa shape index (κ2) is 4.80. The van der Waals surface area contributed by atoms with Crippen LogP contribution in [0.15, 0.2) is 34.9 Å². The maximum Gasteiger partial charge on any atom is 0.188 e. The van der Waals surface area contributed by atoms with E-state index in [4.69, 9.17) is 16.1 Å². The average Bonchev–Trinajstić information content (AvgIpc) is 2.99. The van der Waals surface area contributed by atoms with Crippen LogP contribution in [0.4, 0.5) is 0 Å². The number of halogens is 1. The van der Waals surface area contributed by atoms with Crippen molar-refractivity contribution in [1.29, 1.82) is 0 Å². The van der Waals surface area contributed by atoms with E-state index < -0.39 is 0 Å². The second-order valence-electron chi connectivity index (χ2n) is 4.68. The highest BCUT2D eigenvalue weighted by atomic mass is 35.5. The zero-order valence-electron chi connectivity index (χ0n) is 11.2. The summed E-state index contributed by atoms with van der Waals surface area (Å²) in [7, 11) is 0. The highest BCUT2D eigenvalue weighted by molar-refractivity contribution is 6.30. The number of aryl methyl sites for hydroxylation is 1. The maximum atomic E-state index is 11.8. The van der Waals surface area contributed by atoms with Crippen LogP contribution in [0.5, 0.6) is 0 Å². The normalized spacial score (nSPS) is 11.2. The Kier molecular flexibility index (Phi) is 3.10. The van der Waals surface area contributed by atoms with Gasteiger partial charge >= 0.3 is 0 Å². The summed E-state index contributed by atoms with van der Waals surface area (Å²) in [5, 5.41) is 5.05. The molecule has 0 radical (unpaired) electrons. The summed E-state index contributed by atoms with van der Waals surface area (Å²) in [5.74, 6) is 0.590. The number of benzene rings is 1. The molecule has 0 N–H and O–H groups in total. The first-order valence-corrected chi connectivity index (χ1v) is 6.80. The molecule has 1 aromatic carbocycles. The number of rotatable bonds is 3. The van der Waals surface area contributed by atoms with Crippen LogP contribution < -0.4 is 0 Å². The minimum atomic E-state index is -0.0844. The first-order chi connectivity index (χ1) is 9.63. The van der Waals surface area contributed by atoms with Crippen molar-refractivity contribution in [2.24, 2.45) is 0 Å². The number of hydrogen-bond acceptors (Lipinski definition) is 3. The minimum absolute atomic E-state index is 0.0240. The van der Waals surface area contributed by atoms with Gasteiger partial charge < -0.3 is 4.52 Å². The van der Waals surface area contributed by atoms with E-state index in [0.29, 0.717) is 11.4 Å². The molecule has 0 saturated heterocycles. The highest BCUT2D eigenvalue weighted by Gasteiger charge is 2.19. The molecule has 3 aromatic rings. The summed E-state index contributed by atoms with van der Waals surface area (Å²) in [6.07, 6.45) is 0. The molecular weight excluding hydrogens is 276 g/mol. The Balaban J connectivity index is 2.25. The Morgan fingerprint density at radius 1 is 1.35 bits per heavy atom. The molecule has 20 heavy (non-hydrogen) atoms. The number of hydrogen-bond donors (Lipinski definition) is 0. The quantitative estimate of drug-likeness (QED) is 0.546. The van der Waals surface area contributed by atoms with E-state index in [2.05, 4.69) is 5.16 Å². The van der Waals surface area contributed by atoms with Gasteiger partial charge in [-0.15, -0.1) is 11.6 Å². The van der Waals surface area contributed by atoms with Crippen LogP contribution in [0.2, 0.25) is 0 Å². The van der Waals surface area contributed by atoms with Gasteiger partial charge in [-0.2, -0.15) is 0 Å². The number of alkyl halides is 1. The third-order valence-electron chi connectivity index (χ3n) is 3.42. The van der Waals surface area contributed by atoms with Crippen molar-refractivity contribution in [2.45, 2.75) is 13.8 Å². The van der Waals surface area contributed by atoms with Crippen molar-refractivity contribution < 1.29 is 9.32 Å². The van der Waals surface area contributed by atoms with Gasteiger partial charge in [-0.05, 0) is 32.0 Å². The number of carbonyl (C=O) groups excluding carboxylic acids is 1. The summed E-state index contributed by atoms with van der Waals surface area (Å²) in [6, 6.07) is 9.48. The second-order valence-corrected chi connectivity index (χ2v) is 4.95. The van der Waals surface area contributed by atoms with Crippen LogP contribution in [0.1, 0.15) is 21.7 Å². The minimum Gasteiger partial charge on any atom is -0.354 e. The van der Waals surface area contributed by atoms with Gasteiger partial charge in [0, 0.05) is 17.0 Å². The van der Waals surface area contributed by atoms with Crippen LogP contribution in [-0.2, 0) is 0 Å². The van der Waals surface area contributed by atoms with E-state index in [0.717, 1.165) is 22.4 Å². The third-order valence-corrected chi connectivity index (χ3v) is 3.67. The van der Waals surface area contributed by atoms with E-state index in [1.807, 2.05) is 48.7 Å². The fraction of sp³-hybridized carbons (Fsp3) is 0.200. The Morgan fingerprint density at radius 2 is 2.10 bits per heavy atom. The van der Waals surface area contributed by atoms with Crippen molar-refractivity contribution in [3.63, 3.8) is 0 Å². The lowest BCUT2D eigenvalue weighted by Crippen LogP contribution is -2.04. The molecule has 0 aliphatic rings. The molecule has 0 aliphatic heterocycles.